The number of hydrogen-bond donors (Lipinski definition) is 1. The van der Waals surface area contributed by atoms with Crippen LogP contribution >= 0.6 is 11.8 Å². The number of thioether (sulfide) groups is 1. The molecule has 1 aliphatic rings. The minimum atomic E-state index is -0.853. The molecule has 1 rings (SSSR count). The summed E-state index contributed by atoms with van der Waals surface area (Å²) in [5.74, 6) is -0.829. The number of carboxylic acid groups (broad SMARTS) is 1. The van der Waals surface area contributed by atoms with Crippen molar-refractivity contribution in [1.29, 1.82) is 0 Å². The van der Waals surface area contributed by atoms with Crippen LogP contribution in [-0.2, 0) is 9.59 Å². The summed E-state index contributed by atoms with van der Waals surface area (Å²) >= 11 is 1.11. The molecule has 0 aliphatic carbocycles. The van der Waals surface area contributed by atoms with Gasteiger partial charge in [-0.05, 0) is 0 Å². The van der Waals surface area contributed by atoms with Crippen LogP contribution in [0.1, 0.15) is 6.42 Å². The first-order valence-electron chi connectivity index (χ1n) is 2.58. The third-order valence-corrected chi connectivity index (χ3v) is 2.27. The van der Waals surface area contributed by atoms with E-state index in [0.29, 0.717) is 5.75 Å². The van der Waals surface area contributed by atoms with Crippen molar-refractivity contribution in [2.24, 2.45) is 5.92 Å². The second-order valence-electron chi connectivity index (χ2n) is 1.92. The van der Waals surface area contributed by atoms with Gasteiger partial charge in [0, 0.05) is 12.2 Å². The van der Waals surface area contributed by atoms with Gasteiger partial charge >= 0.3 is 5.97 Å². The molecule has 0 spiro atoms. The maximum atomic E-state index is 10.5. The Morgan fingerprint density at radius 1 is 1.78 bits per heavy atom. The molecule has 1 aliphatic heterocycles. The summed E-state index contributed by atoms with van der Waals surface area (Å²) in [6, 6.07) is 0. The molecule has 4 heteroatoms. The average molecular weight is 146 g/mol. The Morgan fingerprint density at radius 2 is 2.44 bits per heavy atom. The number of aliphatic carboxylic acids is 1. The van der Waals surface area contributed by atoms with E-state index in [1.54, 1.807) is 0 Å². The Hall–Kier alpha value is -0.510. The third-order valence-electron chi connectivity index (χ3n) is 1.21. The molecule has 1 fully saturated rings. The minimum absolute atomic E-state index is 0.00222. The van der Waals surface area contributed by atoms with Crippen molar-refractivity contribution in [3.8, 4) is 0 Å². The summed E-state index contributed by atoms with van der Waals surface area (Å²) in [4.78, 5) is 20.6. The van der Waals surface area contributed by atoms with Gasteiger partial charge in [-0.3, -0.25) is 9.59 Å². The lowest BCUT2D eigenvalue weighted by atomic mass is 10.1. The molecule has 9 heavy (non-hydrogen) atoms. The second kappa shape index (κ2) is 2.39. The Balaban J connectivity index is 2.48. The fourth-order valence-corrected chi connectivity index (χ4v) is 1.64. The van der Waals surface area contributed by atoms with Crippen molar-refractivity contribution in [2.75, 3.05) is 5.75 Å². The fourth-order valence-electron chi connectivity index (χ4n) is 0.671. The number of carboxylic acids is 1. The molecule has 1 saturated heterocycles. The van der Waals surface area contributed by atoms with Crippen LogP contribution in [0.15, 0.2) is 0 Å². The highest BCUT2D eigenvalue weighted by molar-refractivity contribution is 8.14. The molecule has 3 nitrogen and oxygen atoms in total. The summed E-state index contributed by atoms with van der Waals surface area (Å²) in [5.41, 5.74) is 0. The Bertz CT molecular complexity index is 154. The van der Waals surface area contributed by atoms with Crippen LogP contribution in [0.4, 0.5) is 0 Å². The van der Waals surface area contributed by atoms with E-state index in [0.717, 1.165) is 11.8 Å². The third kappa shape index (κ3) is 1.45. The van der Waals surface area contributed by atoms with E-state index in [1.165, 1.54) is 0 Å². The second-order valence-corrected chi connectivity index (χ2v) is 3.00. The van der Waals surface area contributed by atoms with Crippen LogP contribution in [0.2, 0.25) is 0 Å². The normalized spacial score (nSPS) is 26.7. The molecule has 0 amide bonds. The fraction of sp³-hybridized carbons (Fsp3) is 0.600. The van der Waals surface area contributed by atoms with Crippen molar-refractivity contribution >= 4 is 22.8 Å². The molecule has 0 saturated carbocycles. The van der Waals surface area contributed by atoms with Crippen molar-refractivity contribution in [1.82, 2.24) is 0 Å². The van der Waals surface area contributed by atoms with Gasteiger partial charge in [0.25, 0.3) is 0 Å². The van der Waals surface area contributed by atoms with E-state index in [4.69, 9.17) is 5.11 Å². The molecule has 50 valence electrons. The molecule has 1 heterocycles. The minimum Gasteiger partial charge on any atom is -0.481 e. The van der Waals surface area contributed by atoms with Crippen LogP contribution in [0.5, 0.6) is 0 Å². The average Bonchev–Trinajstić information content (AvgIpc) is 2.14. The molecule has 0 unspecified atom stereocenters. The smallest absolute Gasteiger partial charge is 0.307 e. The lowest BCUT2D eigenvalue weighted by molar-refractivity contribution is -0.141. The van der Waals surface area contributed by atoms with Gasteiger partial charge < -0.3 is 5.11 Å². The van der Waals surface area contributed by atoms with Gasteiger partial charge in [0.2, 0.25) is 0 Å². The first kappa shape index (κ1) is 6.61. The summed E-state index contributed by atoms with van der Waals surface area (Å²) in [7, 11) is 0. The molecule has 0 radical (unpaired) electrons. The summed E-state index contributed by atoms with van der Waals surface area (Å²) in [6.07, 6.45) is 0.208. The van der Waals surface area contributed by atoms with Gasteiger partial charge in [-0.1, -0.05) is 11.8 Å². The van der Waals surface area contributed by atoms with Gasteiger partial charge in [0.1, 0.15) is 0 Å². The largest absolute Gasteiger partial charge is 0.481 e. The molecular formula is C5H6O3S. The van der Waals surface area contributed by atoms with Gasteiger partial charge in [0.05, 0.1) is 5.92 Å². The topological polar surface area (TPSA) is 54.4 Å². The molecular weight excluding hydrogens is 140 g/mol. The Labute approximate surface area is 56.4 Å². The summed E-state index contributed by atoms with van der Waals surface area (Å²) in [6.45, 7) is 0. The highest BCUT2D eigenvalue weighted by Crippen LogP contribution is 2.24. The molecule has 0 aromatic carbocycles. The van der Waals surface area contributed by atoms with Crippen LogP contribution < -0.4 is 0 Å². The standard InChI is InChI=1S/C5H6O3S/c6-4-1-3(2-9-4)5(7)8/h3H,1-2H2,(H,7,8)/t3-/m0/s1. The highest BCUT2D eigenvalue weighted by Gasteiger charge is 2.28. The number of carbonyl (C=O) groups excluding carboxylic acids is 1. The first-order chi connectivity index (χ1) is 4.20. The van der Waals surface area contributed by atoms with E-state index in [9.17, 15) is 9.59 Å². The zero-order valence-corrected chi connectivity index (χ0v) is 5.48. The first-order valence-corrected chi connectivity index (χ1v) is 3.57. The SMILES string of the molecule is O=C1C[C@H](C(=O)O)CS1. The molecule has 1 atom stereocenters. The number of rotatable bonds is 1. The predicted octanol–water partition coefficient (Wildman–Crippen LogP) is 0.351. The van der Waals surface area contributed by atoms with Crippen LogP contribution in [0, 0.1) is 5.92 Å². The molecule has 0 bridgehead atoms. The zero-order valence-electron chi connectivity index (χ0n) is 4.66. The van der Waals surface area contributed by atoms with E-state index in [1.807, 2.05) is 0 Å². The quantitative estimate of drug-likeness (QED) is 0.580. The zero-order chi connectivity index (χ0) is 6.85. The predicted molar refractivity (Wildman–Crippen MR) is 33.2 cm³/mol. The maximum absolute atomic E-state index is 10.5. The van der Waals surface area contributed by atoms with Crippen LogP contribution in [0.25, 0.3) is 0 Å². The van der Waals surface area contributed by atoms with Crippen molar-refractivity contribution < 1.29 is 14.7 Å². The van der Waals surface area contributed by atoms with E-state index in [2.05, 4.69) is 0 Å². The number of carbonyl (C=O) groups is 2. The van der Waals surface area contributed by atoms with Gasteiger partial charge in [-0.2, -0.15) is 0 Å². The van der Waals surface area contributed by atoms with Crippen molar-refractivity contribution in [3.05, 3.63) is 0 Å². The lowest BCUT2D eigenvalue weighted by Gasteiger charge is -1.95. The Morgan fingerprint density at radius 3 is 2.67 bits per heavy atom. The van der Waals surface area contributed by atoms with Crippen LogP contribution in [-0.4, -0.2) is 21.9 Å². The Kier molecular flexibility index (Phi) is 1.75. The highest BCUT2D eigenvalue weighted by atomic mass is 32.2. The number of hydrogen-bond acceptors (Lipinski definition) is 3. The molecule has 0 aromatic rings. The molecule has 0 aromatic heterocycles. The summed E-state index contributed by atoms with van der Waals surface area (Å²) in [5, 5.41) is 8.37. The lowest BCUT2D eigenvalue weighted by Crippen LogP contribution is -2.11. The van der Waals surface area contributed by atoms with E-state index < -0.39 is 11.9 Å². The molecule has 1 N–H and O–H groups in total. The van der Waals surface area contributed by atoms with Crippen molar-refractivity contribution in [2.45, 2.75) is 6.42 Å². The van der Waals surface area contributed by atoms with E-state index >= 15 is 0 Å². The van der Waals surface area contributed by atoms with E-state index in [-0.39, 0.29) is 11.5 Å². The van der Waals surface area contributed by atoms with Gasteiger partial charge in [-0.25, -0.2) is 0 Å². The maximum Gasteiger partial charge on any atom is 0.307 e. The van der Waals surface area contributed by atoms with Crippen LogP contribution in [0.3, 0.4) is 0 Å². The monoisotopic (exact) mass is 146 g/mol. The van der Waals surface area contributed by atoms with Gasteiger partial charge in [0.15, 0.2) is 5.12 Å². The van der Waals surface area contributed by atoms with Crippen molar-refractivity contribution in [3.63, 3.8) is 0 Å². The van der Waals surface area contributed by atoms with Gasteiger partial charge in [-0.15, -0.1) is 0 Å². The summed E-state index contributed by atoms with van der Waals surface area (Å²) < 4.78 is 0.